The molecular formula is C31H30GeN2O. The first-order valence-corrected chi connectivity index (χ1v) is 19.8. The fourth-order valence-corrected chi connectivity index (χ4v) is 8.61. The van der Waals surface area contributed by atoms with Crippen molar-refractivity contribution < 1.29 is 4.42 Å². The van der Waals surface area contributed by atoms with Crippen LogP contribution >= 0.6 is 0 Å². The number of hydrogen-bond acceptors (Lipinski definition) is 3. The molecule has 4 heteroatoms. The molecule has 3 heterocycles. The summed E-state index contributed by atoms with van der Waals surface area (Å²) in [5, 5.41) is 6.08. The van der Waals surface area contributed by atoms with E-state index in [1.807, 2.05) is 6.07 Å². The predicted molar refractivity (Wildman–Crippen MR) is 151 cm³/mol. The van der Waals surface area contributed by atoms with Gasteiger partial charge in [-0.3, -0.25) is 0 Å². The fourth-order valence-electron chi connectivity index (χ4n) is 5.29. The van der Waals surface area contributed by atoms with Crippen LogP contribution in [0.5, 0.6) is 0 Å². The average molecular weight is 519 g/mol. The van der Waals surface area contributed by atoms with Crippen LogP contribution in [-0.2, 0) is 6.42 Å². The molecular weight excluding hydrogens is 489 g/mol. The van der Waals surface area contributed by atoms with Crippen molar-refractivity contribution in [1.29, 1.82) is 0 Å². The normalized spacial score (nSPS) is 12.5. The number of rotatable bonds is 4. The van der Waals surface area contributed by atoms with Gasteiger partial charge < -0.3 is 0 Å². The molecule has 3 nitrogen and oxygen atoms in total. The summed E-state index contributed by atoms with van der Waals surface area (Å²) in [4.78, 5) is 9.77. The van der Waals surface area contributed by atoms with E-state index in [9.17, 15) is 0 Å². The van der Waals surface area contributed by atoms with Crippen molar-refractivity contribution in [2.45, 2.75) is 37.5 Å². The molecule has 6 rings (SSSR count). The number of nitrogens with zero attached hydrogens (tertiary/aromatic N) is 2. The molecule has 0 atom stereocenters. The van der Waals surface area contributed by atoms with E-state index in [0.29, 0.717) is 11.6 Å². The molecule has 0 aliphatic carbocycles. The minimum absolute atomic E-state index is 0.563. The summed E-state index contributed by atoms with van der Waals surface area (Å²) in [6.45, 7) is 4.53. The van der Waals surface area contributed by atoms with E-state index in [4.69, 9.17) is 9.40 Å². The molecule has 3 aromatic carbocycles. The Balaban J connectivity index is 1.72. The van der Waals surface area contributed by atoms with Crippen molar-refractivity contribution in [1.82, 2.24) is 9.97 Å². The number of pyridine rings is 2. The summed E-state index contributed by atoms with van der Waals surface area (Å²) in [6.07, 6.45) is 2.81. The van der Waals surface area contributed by atoms with Gasteiger partial charge in [-0.1, -0.05) is 0 Å². The van der Waals surface area contributed by atoms with Crippen molar-refractivity contribution in [3.63, 3.8) is 0 Å². The van der Waals surface area contributed by atoms with Crippen molar-refractivity contribution in [3.8, 4) is 11.3 Å². The average Bonchev–Trinajstić information content (AvgIpc) is 3.20. The van der Waals surface area contributed by atoms with Gasteiger partial charge >= 0.3 is 209 Å². The van der Waals surface area contributed by atoms with Gasteiger partial charge in [0.1, 0.15) is 0 Å². The molecule has 0 radical (unpaired) electrons. The van der Waals surface area contributed by atoms with E-state index in [1.54, 1.807) is 6.20 Å². The van der Waals surface area contributed by atoms with Crippen LogP contribution in [0.4, 0.5) is 0 Å². The second-order valence-electron chi connectivity index (χ2n) is 11.1. The number of hydrogen-bond donors (Lipinski definition) is 0. The first-order chi connectivity index (χ1) is 16.8. The number of furan rings is 1. The van der Waals surface area contributed by atoms with E-state index in [1.165, 1.54) is 26.1 Å². The molecule has 0 spiro atoms. The zero-order chi connectivity index (χ0) is 24.3. The van der Waals surface area contributed by atoms with E-state index in [2.05, 4.69) is 96.8 Å². The molecule has 0 fully saturated rings. The van der Waals surface area contributed by atoms with E-state index < -0.39 is 13.3 Å². The minimum atomic E-state index is -2.28. The van der Waals surface area contributed by atoms with Gasteiger partial charge in [-0.05, 0) is 0 Å². The molecule has 0 saturated heterocycles. The summed E-state index contributed by atoms with van der Waals surface area (Å²) < 4.78 is 7.85. The topological polar surface area (TPSA) is 38.9 Å². The summed E-state index contributed by atoms with van der Waals surface area (Å²) in [7, 11) is 0. The molecule has 0 bridgehead atoms. The quantitative estimate of drug-likeness (QED) is 0.175. The monoisotopic (exact) mass is 520 g/mol. The Bertz CT molecular complexity index is 1740. The zero-order valence-electron chi connectivity index (χ0n) is 21.0. The van der Waals surface area contributed by atoms with Crippen molar-refractivity contribution in [2.24, 2.45) is 5.92 Å². The van der Waals surface area contributed by atoms with Crippen LogP contribution in [-0.4, -0.2) is 23.2 Å². The molecule has 0 amide bonds. The number of benzene rings is 3. The van der Waals surface area contributed by atoms with Crippen molar-refractivity contribution in [2.75, 3.05) is 0 Å². The molecule has 0 N–H and O–H groups in total. The van der Waals surface area contributed by atoms with Gasteiger partial charge in [-0.2, -0.15) is 0 Å². The van der Waals surface area contributed by atoms with Gasteiger partial charge in [0.2, 0.25) is 0 Å². The zero-order valence-corrected chi connectivity index (χ0v) is 23.1. The third-order valence-electron chi connectivity index (χ3n) is 6.84. The van der Waals surface area contributed by atoms with Gasteiger partial charge in [0.15, 0.2) is 0 Å². The first-order valence-electron chi connectivity index (χ1n) is 12.4. The first kappa shape index (κ1) is 22.3. The Morgan fingerprint density at radius 2 is 1.66 bits per heavy atom. The van der Waals surface area contributed by atoms with Crippen LogP contribution in [0.2, 0.25) is 17.3 Å². The van der Waals surface area contributed by atoms with Gasteiger partial charge in [-0.15, -0.1) is 0 Å². The van der Waals surface area contributed by atoms with Gasteiger partial charge in [-0.25, -0.2) is 0 Å². The third kappa shape index (κ3) is 3.82. The number of fused-ring (bicyclic) bond motifs is 6. The van der Waals surface area contributed by atoms with Crippen LogP contribution in [0.25, 0.3) is 55.0 Å². The second-order valence-corrected chi connectivity index (χ2v) is 21.6. The molecule has 6 aromatic rings. The number of aromatic nitrogens is 2. The van der Waals surface area contributed by atoms with E-state index >= 15 is 0 Å². The Kier molecular flexibility index (Phi) is 5.22. The Morgan fingerprint density at radius 1 is 0.857 bits per heavy atom. The van der Waals surface area contributed by atoms with E-state index in [0.717, 1.165) is 39.6 Å². The van der Waals surface area contributed by atoms with Gasteiger partial charge in [0, 0.05) is 0 Å². The molecule has 0 saturated carbocycles. The van der Waals surface area contributed by atoms with Crippen LogP contribution in [0.15, 0.2) is 77.3 Å². The third-order valence-corrected chi connectivity index (χ3v) is 11.1. The van der Waals surface area contributed by atoms with Crippen LogP contribution in [0, 0.1) is 5.92 Å². The van der Waals surface area contributed by atoms with Gasteiger partial charge in [0.25, 0.3) is 0 Å². The van der Waals surface area contributed by atoms with Crippen molar-refractivity contribution >= 4 is 61.4 Å². The molecule has 0 aliphatic heterocycles. The standard InChI is InChI=1S/C31H30GeN2O/c1-19(2)15-20-16-24-23-11-8-14-33-31(23)35-30(24)25(17-20)28-18-26(32(3,4)5)29-22-10-7-6-9-21(22)12-13-27(29)34-28/h6-14,16-19H,15H2,1-5H3. The molecule has 0 unspecified atom stereocenters. The van der Waals surface area contributed by atoms with E-state index in [-0.39, 0.29) is 0 Å². The fraction of sp³-hybridized carbons (Fsp3) is 0.226. The SMILES string of the molecule is CC(C)Cc1cc(-c2c[c]([Ge]([CH3])([CH3])[CH3])c3c(ccc4ccccc43)n2)c2oc3ncccc3c2c1. The summed E-state index contributed by atoms with van der Waals surface area (Å²) in [5.74, 6) is 7.97. The second kappa shape index (κ2) is 8.20. The molecule has 0 aliphatic rings. The van der Waals surface area contributed by atoms with Crippen molar-refractivity contribution in [3.05, 3.63) is 78.5 Å². The van der Waals surface area contributed by atoms with Crippen LogP contribution in [0.3, 0.4) is 0 Å². The van der Waals surface area contributed by atoms with Crippen LogP contribution < -0.4 is 4.40 Å². The van der Waals surface area contributed by atoms with Gasteiger partial charge in [0.05, 0.1) is 0 Å². The predicted octanol–water partition coefficient (Wildman–Crippen LogP) is 8.09. The molecule has 35 heavy (non-hydrogen) atoms. The Morgan fingerprint density at radius 3 is 2.46 bits per heavy atom. The summed E-state index contributed by atoms with van der Waals surface area (Å²) in [6, 6.07) is 24.1. The Labute approximate surface area is 208 Å². The van der Waals surface area contributed by atoms with Crippen LogP contribution in [0.1, 0.15) is 19.4 Å². The maximum atomic E-state index is 6.37. The maximum absolute atomic E-state index is 6.37. The summed E-state index contributed by atoms with van der Waals surface area (Å²) >= 11 is -2.28. The summed E-state index contributed by atoms with van der Waals surface area (Å²) in [5.41, 5.74) is 6.01. The Hall–Kier alpha value is -3.18. The molecule has 3 aromatic heterocycles. The molecule has 174 valence electrons.